The second-order valence-corrected chi connectivity index (χ2v) is 14.5. The van der Waals surface area contributed by atoms with Crippen LogP contribution in [0.5, 0.6) is 0 Å². The number of aromatic nitrogens is 2. The summed E-state index contributed by atoms with van der Waals surface area (Å²) in [6.45, 7) is 0.0826. The SMILES string of the molecule is c1ccc(-c2cc3c4c(c2)-n2c5sc6ccccc6c5c5cccc(c52)B4n2c4c-3cccc4c3sc4ccccc4c32)cc1. The molecule has 0 unspecified atom stereocenters. The average molecular weight is 605 g/mol. The van der Waals surface area contributed by atoms with Crippen LogP contribution in [0.3, 0.4) is 0 Å². The number of hydrogen-bond acceptors (Lipinski definition) is 2. The molecule has 5 heteroatoms. The van der Waals surface area contributed by atoms with Crippen molar-refractivity contribution in [1.82, 2.24) is 9.05 Å². The van der Waals surface area contributed by atoms with Gasteiger partial charge in [0.1, 0.15) is 4.83 Å². The molecule has 12 rings (SSSR count). The molecule has 0 radical (unpaired) electrons. The van der Waals surface area contributed by atoms with Crippen LogP contribution in [-0.2, 0) is 0 Å². The molecule has 206 valence electrons. The molecule has 45 heavy (non-hydrogen) atoms. The van der Waals surface area contributed by atoms with E-state index in [4.69, 9.17) is 0 Å². The Labute approximate surface area is 266 Å². The van der Waals surface area contributed by atoms with Gasteiger partial charge in [-0.05, 0) is 51.9 Å². The highest BCUT2D eigenvalue weighted by molar-refractivity contribution is 7.27. The zero-order valence-corrected chi connectivity index (χ0v) is 25.5. The summed E-state index contributed by atoms with van der Waals surface area (Å²) >= 11 is 3.86. The lowest BCUT2D eigenvalue weighted by molar-refractivity contribution is 1.19. The Balaban J connectivity index is 1.35. The van der Waals surface area contributed by atoms with Gasteiger partial charge in [-0.2, -0.15) is 0 Å². The maximum Gasteiger partial charge on any atom is 0.333 e. The van der Waals surface area contributed by atoms with E-state index in [0.29, 0.717) is 0 Å². The normalized spacial score (nSPS) is 13.3. The molecule has 0 fully saturated rings. The first-order chi connectivity index (χ1) is 22.3. The predicted molar refractivity (Wildman–Crippen MR) is 196 cm³/mol. The largest absolute Gasteiger partial charge is 0.374 e. The Morgan fingerprint density at radius 3 is 2.13 bits per heavy atom. The van der Waals surface area contributed by atoms with Gasteiger partial charge in [0, 0.05) is 53.1 Å². The van der Waals surface area contributed by atoms with Gasteiger partial charge in [-0.25, -0.2) is 0 Å². The average Bonchev–Trinajstić information content (AvgIpc) is 3.83. The van der Waals surface area contributed by atoms with E-state index in [1.54, 1.807) is 0 Å². The lowest BCUT2D eigenvalue weighted by atomic mass is 9.45. The molecule has 0 saturated carbocycles. The van der Waals surface area contributed by atoms with Gasteiger partial charge in [-0.3, -0.25) is 0 Å². The van der Waals surface area contributed by atoms with E-state index >= 15 is 0 Å². The van der Waals surface area contributed by atoms with Crippen molar-refractivity contribution in [1.29, 1.82) is 0 Å². The molecule has 0 N–H and O–H groups in total. The van der Waals surface area contributed by atoms with Gasteiger partial charge in [-0.15, -0.1) is 22.7 Å². The lowest BCUT2D eigenvalue weighted by Crippen LogP contribution is -2.55. The van der Waals surface area contributed by atoms with Crippen molar-refractivity contribution >= 4 is 103 Å². The minimum atomic E-state index is 0.0826. The Bertz CT molecular complexity index is 2940. The molecule has 0 aliphatic carbocycles. The van der Waals surface area contributed by atoms with E-state index in [0.717, 1.165) is 0 Å². The van der Waals surface area contributed by atoms with Crippen molar-refractivity contribution in [2.24, 2.45) is 0 Å². The van der Waals surface area contributed by atoms with Gasteiger partial charge in [0.05, 0.1) is 15.7 Å². The van der Waals surface area contributed by atoms with E-state index in [1.165, 1.54) is 101 Å². The van der Waals surface area contributed by atoms with E-state index in [-0.39, 0.29) is 6.85 Å². The van der Waals surface area contributed by atoms with Gasteiger partial charge >= 0.3 is 6.85 Å². The first kappa shape index (κ1) is 23.3. The Hall–Kier alpha value is -5.10. The molecule has 2 aliphatic rings. The predicted octanol–water partition coefficient (Wildman–Crippen LogP) is 9.94. The van der Waals surface area contributed by atoms with E-state index in [2.05, 4.69) is 136 Å². The summed E-state index contributed by atoms with van der Waals surface area (Å²) in [7, 11) is 0. The van der Waals surface area contributed by atoms with Gasteiger partial charge in [0.2, 0.25) is 0 Å². The molecule has 0 amide bonds. The second kappa shape index (κ2) is 7.94. The van der Waals surface area contributed by atoms with Gasteiger partial charge in [0.25, 0.3) is 0 Å². The molecule has 0 saturated heterocycles. The quantitative estimate of drug-likeness (QED) is 0.165. The summed E-state index contributed by atoms with van der Waals surface area (Å²) in [6.07, 6.45) is 0. The molecule has 6 aromatic carbocycles. The maximum absolute atomic E-state index is 2.71. The van der Waals surface area contributed by atoms with Crippen molar-refractivity contribution in [2.75, 3.05) is 0 Å². The van der Waals surface area contributed by atoms with Crippen LogP contribution in [0.25, 0.3) is 90.4 Å². The van der Waals surface area contributed by atoms with E-state index in [9.17, 15) is 0 Å². The smallest absolute Gasteiger partial charge is 0.333 e. The number of fused-ring (bicyclic) bond motifs is 14. The molecule has 0 atom stereocenters. The highest BCUT2D eigenvalue weighted by Gasteiger charge is 2.42. The van der Waals surface area contributed by atoms with Crippen molar-refractivity contribution in [3.8, 4) is 27.9 Å². The van der Waals surface area contributed by atoms with Crippen LogP contribution in [0.1, 0.15) is 0 Å². The fourth-order valence-corrected chi connectivity index (χ4v) is 11.1. The summed E-state index contributed by atoms with van der Waals surface area (Å²) in [4.78, 5) is 1.34. The molecule has 2 aliphatic heterocycles. The third-order valence-corrected chi connectivity index (χ3v) is 12.6. The number of para-hydroxylation sites is 2. The van der Waals surface area contributed by atoms with Crippen LogP contribution in [0, 0.1) is 0 Å². The first-order valence-electron chi connectivity index (χ1n) is 15.5. The molecule has 10 aromatic rings. The molecule has 0 spiro atoms. The van der Waals surface area contributed by atoms with Crippen LogP contribution >= 0.6 is 22.7 Å². The Morgan fingerprint density at radius 2 is 1.24 bits per heavy atom. The maximum atomic E-state index is 2.71. The number of hydrogen-bond donors (Lipinski definition) is 0. The standard InChI is InChI=1S/C40H21BN2S2/c1-2-10-22(11-3-1)23-20-29-24-14-8-16-28-36(24)43(38-26-13-5-7-19-33(26)44-39(28)38)41-30-17-9-15-27-34-25-12-4-6-18-32(25)45-40(34)42(37(27)30)31(21-23)35(29)41/h1-21H. The van der Waals surface area contributed by atoms with Crippen molar-refractivity contribution in [3.63, 3.8) is 0 Å². The van der Waals surface area contributed by atoms with Crippen LogP contribution in [0.15, 0.2) is 127 Å². The highest BCUT2D eigenvalue weighted by Crippen LogP contribution is 2.49. The third kappa shape index (κ3) is 2.67. The third-order valence-electron chi connectivity index (χ3n) is 10.3. The summed E-state index contributed by atoms with van der Waals surface area (Å²) < 4.78 is 9.42. The van der Waals surface area contributed by atoms with Crippen LogP contribution in [-0.4, -0.2) is 15.9 Å². The van der Waals surface area contributed by atoms with Crippen molar-refractivity contribution < 1.29 is 0 Å². The van der Waals surface area contributed by atoms with E-state index in [1.807, 2.05) is 22.7 Å². The molecule has 4 aromatic heterocycles. The second-order valence-electron chi connectivity index (χ2n) is 12.4. The minimum Gasteiger partial charge on any atom is -0.374 e. The monoisotopic (exact) mass is 604 g/mol. The fourth-order valence-electron chi connectivity index (χ4n) is 8.60. The summed E-state index contributed by atoms with van der Waals surface area (Å²) in [5.41, 5.74) is 13.4. The Morgan fingerprint density at radius 1 is 0.511 bits per heavy atom. The molecule has 2 nitrogen and oxygen atoms in total. The number of benzene rings is 6. The van der Waals surface area contributed by atoms with E-state index < -0.39 is 0 Å². The topological polar surface area (TPSA) is 9.86 Å². The summed E-state index contributed by atoms with van der Waals surface area (Å²) in [6, 6.07) is 47.7. The number of thiophene rings is 2. The Kier molecular flexibility index (Phi) is 4.11. The fraction of sp³-hybridized carbons (Fsp3) is 0. The van der Waals surface area contributed by atoms with Crippen molar-refractivity contribution in [2.45, 2.75) is 0 Å². The number of rotatable bonds is 1. The molecule has 6 heterocycles. The van der Waals surface area contributed by atoms with Crippen LogP contribution < -0.4 is 10.9 Å². The van der Waals surface area contributed by atoms with Crippen molar-refractivity contribution in [3.05, 3.63) is 127 Å². The first-order valence-corrected chi connectivity index (χ1v) is 17.1. The zero-order chi connectivity index (χ0) is 29.0. The molecule has 0 bridgehead atoms. The zero-order valence-electron chi connectivity index (χ0n) is 23.9. The van der Waals surface area contributed by atoms with Gasteiger partial charge < -0.3 is 9.05 Å². The van der Waals surface area contributed by atoms with Gasteiger partial charge in [0.15, 0.2) is 0 Å². The number of nitrogens with zero attached hydrogens (tertiary/aromatic N) is 2. The summed E-state index contributed by atoms with van der Waals surface area (Å²) in [5, 5.41) is 6.80. The molecular formula is C40H21BN2S2. The highest BCUT2D eigenvalue weighted by atomic mass is 32.1. The van der Waals surface area contributed by atoms with Gasteiger partial charge in [-0.1, -0.05) is 103 Å². The molecular weight excluding hydrogens is 583 g/mol. The van der Waals surface area contributed by atoms with Crippen LogP contribution in [0.4, 0.5) is 0 Å². The minimum absolute atomic E-state index is 0.0826. The van der Waals surface area contributed by atoms with Crippen LogP contribution in [0.2, 0.25) is 0 Å². The lowest BCUT2D eigenvalue weighted by Gasteiger charge is -2.34. The summed E-state index contributed by atoms with van der Waals surface area (Å²) in [5.74, 6) is 0.